The summed E-state index contributed by atoms with van der Waals surface area (Å²) in [6, 6.07) is 6.93. The SMILES string of the molecule is Cc1ccc2c(c1)cc(C(C)(C)C)[s+]2C(F)(F)F.F[B-](F)(F)F. The lowest BCUT2D eigenvalue weighted by Gasteiger charge is -2.13. The van der Waals surface area contributed by atoms with Gasteiger partial charge in [0.15, 0.2) is 9.58 Å². The Hall–Kier alpha value is -1.25. The third-order valence-corrected chi connectivity index (χ3v) is 5.31. The Balaban J connectivity index is 0.000000463. The van der Waals surface area contributed by atoms with E-state index < -0.39 is 28.6 Å². The van der Waals surface area contributed by atoms with Gasteiger partial charge >= 0.3 is 12.8 Å². The quantitative estimate of drug-likeness (QED) is 0.270. The van der Waals surface area contributed by atoms with Gasteiger partial charge in [0.25, 0.3) is 0 Å². The van der Waals surface area contributed by atoms with Crippen LogP contribution in [0.2, 0.25) is 0 Å². The molecule has 23 heavy (non-hydrogen) atoms. The molecule has 0 bridgehead atoms. The third-order valence-electron chi connectivity index (χ3n) is 2.86. The van der Waals surface area contributed by atoms with Gasteiger partial charge in [0.1, 0.15) is 0 Å². The second-order valence-electron chi connectivity index (χ2n) is 6.05. The number of thiophene rings is 1. The number of halogens is 7. The van der Waals surface area contributed by atoms with Gasteiger partial charge in [0, 0.05) is 16.9 Å². The van der Waals surface area contributed by atoms with Crippen LogP contribution in [0.3, 0.4) is 0 Å². The minimum Gasteiger partial charge on any atom is -0.418 e. The highest BCUT2D eigenvalue weighted by Gasteiger charge is 2.50. The Morgan fingerprint density at radius 1 is 0.913 bits per heavy atom. The zero-order valence-electron chi connectivity index (χ0n) is 12.9. The van der Waals surface area contributed by atoms with Crippen LogP contribution in [0, 0.1) is 6.92 Å². The fourth-order valence-corrected chi connectivity index (χ4v) is 4.21. The van der Waals surface area contributed by atoms with Gasteiger partial charge in [-0.2, -0.15) is 0 Å². The van der Waals surface area contributed by atoms with Gasteiger partial charge in [-0.15, -0.1) is 13.2 Å². The zero-order chi connectivity index (χ0) is 18.2. The van der Waals surface area contributed by atoms with Crippen LogP contribution in [0.1, 0.15) is 31.2 Å². The molecule has 1 aromatic carbocycles. The van der Waals surface area contributed by atoms with Gasteiger partial charge in [0.2, 0.25) is 0 Å². The summed E-state index contributed by atoms with van der Waals surface area (Å²) in [6.45, 7) is 7.41. The molecule has 0 aliphatic carbocycles. The van der Waals surface area contributed by atoms with Gasteiger partial charge < -0.3 is 17.3 Å². The van der Waals surface area contributed by atoms with Crippen LogP contribution in [0.25, 0.3) is 10.1 Å². The molecule has 0 radical (unpaired) electrons. The smallest absolute Gasteiger partial charge is 0.418 e. The van der Waals surface area contributed by atoms with Crippen molar-refractivity contribution in [3.63, 3.8) is 0 Å². The normalized spacial score (nSPS) is 13.8. The molecule has 0 nitrogen and oxygen atoms in total. The summed E-state index contributed by atoms with van der Waals surface area (Å²) >= 11 is 0. The predicted molar refractivity (Wildman–Crippen MR) is 81.3 cm³/mol. The minimum atomic E-state index is -6.00. The van der Waals surface area contributed by atoms with Crippen molar-refractivity contribution in [2.45, 2.75) is 38.6 Å². The maximum Gasteiger partial charge on any atom is 0.673 e. The number of rotatable bonds is 0. The standard InChI is InChI=1S/C14H16F3S.BF4/c1-9-5-6-11-10(7-9)8-12(13(2,3)4)18(11)14(15,16)17;2-1(3,4)5/h5-8H,1-4H3;/q+1;-1. The molecular weight excluding hydrogens is 344 g/mol. The monoisotopic (exact) mass is 360 g/mol. The lowest BCUT2D eigenvalue weighted by Crippen LogP contribution is -2.12. The van der Waals surface area contributed by atoms with E-state index in [1.807, 2.05) is 33.8 Å². The highest BCUT2D eigenvalue weighted by molar-refractivity contribution is 7.38. The zero-order valence-corrected chi connectivity index (χ0v) is 13.8. The molecule has 0 aliphatic heterocycles. The number of hydrogen-bond donors (Lipinski definition) is 0. The van der Waals surface area contributed by atoms with Crippen molar-refractivity contribution in [2.24, 2.45) is 0 Å². The molecule has 2 rings (SSSR count). The highest BCUT2D eigenvalue weighted by Crippen LogP contribution is 2.54. The topological polar surface area (TPSA) is 0 Å². The van der Waals surface area contributed by atoms with Crippen molar-refractivity contribution in [3.05, 3.63) is 34.7 Å². The average Bonchev–Trinajstić information content (AvgIpc) is 2.63. The van der Waals surface area contributed by atoms with Crippen molar-refractivity contribution >= 4 is 27.8 Å². The molecule has 0 amide bonds. The second kappa shape index (κ2) is 6.34. The van der Waals surface area contributed by atoms with E-state index in [-0.39, 0.29) is 0 Å². The van der Waals surface area contributed by atoms with Gasteiger partial charge in [-0.1, -0.05) is 32.4 Å². The summed E-state index contributed by atoms with van der Waals surface area (Å²) in [5.41, 5.74) is -3.67. The maximum atomic E-state index is 13.3. The van der Waals surface area contributed by atoms with Crippen molar-refractivity contribution in [1.82, 2.24) is 0 Å². The fourth-order valence-electron chi connectivity index (χ4n) is 2.06. The van der Waals surface area contributed by atoms with Crippen LogP contribution in [0.4, 0.5) is 30.4 Å². The van der Waals surface area contributed by atoms with Crippen LogP contribution in [0.15, 0.2) is 24.3 Å². The van der Waals surface area contributed by atoms with Crippen molar-refractivity contribution < 1.29 is 30.4 Å². The molecule has 0 N–H and O–H groups in total. The summed E-state index contributed by atoms with van der Waals surface area (Å²) in [6.07, 6.45) is 0. The molecule has 1 atom stereocenters. The fraction of sp³-hybridized carbons (Fsp3) is 0.429. The predicted octanol–water partition coefficient (Wildman–Crippen LogP) is 6.97. The first kappa shape index (κ1) is 19.8. The van der Waals surface area contributed by atoms with Crippen molar-refractivity contribution in [3.8, 4) is 0 Å². The number of alkyl halides is 3. The summed E-state index contributed by atoms with van der Waals surface area (Å²) in [4.78, 5) is 0.482. The van der Waals surface area contributed by atoms with E-state index >= 15 is 0 Å². The van der Waals surface area contributed by atoms with E-state index in [4.69, 9.17) is 0 Å². The first-order valence-corrected chi connectivity index (χ1v) is 7.84. The minimum absolute atomic E-state index is 0.415. The number of aryl methyl sites for hydroxylation is 1. The third kappa shape index (κ3) is 5.71. The summed E-state index contributed by atoms with van der Waals surface area (Å²) in [7, 11) is -7.77. The Morgan fingerprint density at radius 3 is 1.78 bits per heavy atom. The molecule has 2 aromatic rings. The molecule has 9 heteroatoms. The number of hydrogen-bond acceptors (Lipinski definition) is 0. The van der Waals surface area contributed by atoms with E-state index in [9.17, 15) is 30.4 Å². The molecule has 1 heterocycles. The van der Waals surface area contributed by atoms with E-state index in [1.165, 1.54) is 0 Å². The lowest BCUT2D eigenvalue weighted by atomic mass is 9.94. The number of fused-ring (bicyclic) bond motifs is 1. The van der Waals surface area contributed by atoms with Crippen LogP contribution in [-0.4, -0.2) is 7.25 Å². The summed E-state index contributed by atoms with van der Waals surface area (Å²) in [5.74, 6) is 0. The van der Waals surface area contributed by atoms with Gasteiger partial charge in [-0.05, 0) is 19.1 Å². The van der Waals surface area contributed by atoms with E-state index in [1.54, 1.807) is 18.2 Å². The van der Waals surface area contributed by atoms with E-state index in [0.717, 1.165) is 10.9 Å². The largest absolute Gasteiger partial charge is 0.673 e. The van der Waals surface area contributed by atoms with Gasteiger partial charge in [-0.3, -0.25) is 0 Å². The first-order chi connectivity index (χ1) is 10.1. The van der Waals surface area contributed by atoms with E-state index in [2.05, 4.69) is 0 Å². The van der Waals surface area contributed by atoms with Crippen LogP contribution < -0.4 is 0 Å². The van der Waals surface area contributed by atoms with Crippen LogP contribution in [-0.2, 0) is 10.9 Å². The molecule has 0 spiro atoms. The van der Waals surface area contributed by atoms with E-state index in [0.29, 0.717) is 9.58 Å². The maximum absolute atomic E-state index is 13.3. The molecule has 0 aliphatic rings. The molecular formula is C14H16BF7S. The van der Waals surface area contributed by atoms with Crippen LogP contribution >= 0.6 is 10.5 Å². The van der Waals surface area contributed by atoms with Crippen molar-refractivity contribution in [1.29, 1.82) is 0 Å². The Labute approximate surface area is 132 Å². The molecule has 1 unspecified atom stereocenters. The molecule has 130 valence electrons. The summed E-state index contributed by atoms with van der Waals surface area (Å²) < 4.78 is 79.3. The molecule has 0 saturated heterocycles. The Bertz CT molecular complexity index is 671. The molecule has 0 fully saturated rings. The summed E-state index contributed by atoms with van der Waals surface area (Å²) in [5, 5.41) is 0.723. The second-order valence-corrected chi connectivity index (χ2v) is 8.00. The molecule has 1 aromatic heterocycles. The highest BCUT2D eigenvalue weighted by atomic mass is 32.2. The van der Waals surface area contributed by atoms with Crippen LogP contribution in [0.5, 0.6) is 0 Å². The average molecular weight is 360 g/mol. The van der Waals surface area contributed by atoms with Crippen molar-refractivity contribution in [2.75, 3.05) is 0 Å². The molecule has 0 saturated carbocycles. The Kier molecular flexibility index (Phi) is 5.45. The Morgan fingerprint density at radius 2 is 1.39 bits per heavy atom. The first-order valence-electron chi connectivity index (χ1n) is 6.62. The van der Waals surface area contributed by atoms with Gasteiger partial charge in [0.05, 0.1) is 10.5 Å². The number of benzene rings is 1. The lowest BCUT2D eigenvalue weighted by molar-refractivity contribution is -0.0869. The van der Waals surface area contributed by atoms with Gasteiger partial charge in [-0.25, -0.2) is 0 Å².